The second-order valence-corrected chi connectivity index (χ2v) is 3.92. The van der Waals surface area contributed by atoms with Gasteiger partial charge in [-0.05, 0) is 30.4 Å². The van der Waals surface area contributed by atoms with Crippen molar-refractivity contribution in [2.75, 3.05) is 24.5 Å². The minimum atomic E-state index is 0.424. The molecule has 6 nitrogen and oxygen atoms in total. The van der Waals surface area contributed by atoms with Crippen LogP contribution in [0.25, 0.3) is 10.4 Å². The molecule has 0 bridgehead atoms. The molecule has 1 aromatic heterocycles. The minimum Gasteiger partial charge on any atom is -0.341 e. The summed E-state index contributed by atoms with van der Waals surface area (Å²) in [6, 6.07) is 1.81. The molecule has 2 rings (SSSR count). The van der Waals surface area contributed by atoms with Gasteiger partial charge >= 0.3 is 0 Å². The molecule has 84 valence electrons. The van der Waals surface area contributed by atoms with Crippen LogP contribution in [0.2, 0.25) is 0 Å². The molecule has 1 aromatic rings. The second-order valence-electron chi connectivity index (χ2n) is 3.92. The highest BCUT2D eigenvalue weighted by atomic mass is 15.3. The van der Waals surface area contributed by atoms with E-state index in [0.717, 1.165) is 31.9 Å². The maximum absolute atomic E-state index is 8.30. The predicted octanol–water partition coefficient (Wildman–Crippen LogP) is 2.00. The molecule has 1 aliphatic heterocycles. The molecule has 1 atom stereocenters. The summed E-state index contributed by atoms with van der Waals surface area (Å²) >= 11 is 0. The Balaban J connectivity index is 1.99. The van der Waals surface area contributed by atoms with Crippen LogP contribution >= 0.6 is 0 Å². The maximum Gasteiger partial charge on any atom is 0.225 e. The summed E-state index contributed by atoms with van der Waals surface area (Å²) in [4.78, 5) is 13.4. The molecule has 6 heteroatoms. The zero-order valence-corrected chi connectivity index (χ0v) is 9.03. The van der Waals surface area contributed by atoms with Gasteiger partial charge in [-0.1, -0.05) is 5.11 Å². The number of aromatic nitrogens is 2. The largest absolute Gasteiger partial charge is 0.341 e. The summed E-state index contributed by atoms with van der Waals surface area (Å²) in [5, 5.41) is 3.64. The first-order valence-corrected chi connectivity index (χ1v) is 5.43. The maximum atomic E-state index is 8.30. The van der Waals surface area contributed by atoms with Crippen LogP contribution in [0.15, 0.2) is 23.6 Å². The molecule has 0 aliphatic carbocycles. The monoisotopic (exact) mass is 218 g/mol. The van der Waals surface area contributed by atoms with Crippen molar-refractivity contribution in [1.82, 2.24) is 9.97 Å². The topological polar surface area (TPSA) is 77.8 Å². The summed E-state index contributed by atoms with van der Waals surface area (Å²) < 4.78 is 0. The number of azide groups is 1. The third-order valence-corrected chi connectivity index (χ3v) is 2.76. The Morgan fingerprint density at radius 2 is 2.31 bits per heavy atom. The van der Waals surface area contributed by atoms with E-state index < -0.39 is 0 Å². The summed E-state index contributed by atoms with van der Waals surface area (Å²) in [5.74, 6) is 1.20. The summed E-state index contributed by atoms with van der Waals surface area (Å²) in [7, 11) is 0. The molecule has 2 heterocycles. The van der Waals surface area contributed by atoms with Crippen LogP contribution in [0.5, 0.6) is 0 Å². The first kappa shape index (κ1) is 10.7. The van der Waals surface area contributed by atoms with E-state index in [2.05, 4.69) is 24.9 Å². The average molecular weight is 218 g/mol. The number of rotatable bonds is 3. The number of hydrogen-bond acceptors (Lipinski definition) is 4. The summed E-state index contributed by atoms with van der Waals surface area (Å²) in [5.41, 5.74) is 8.30. The first-order valence-electron chi connectivity index (χ1n) is 5.43. The zero-order chi connectivity index (χ0) is 11.2. The van der Waals surface area contributed by atoms with E-state index in [9.17, 15) is 0 Å². The molecule has 0 amide bonds. The molecule has 0 N–H and O–H groups in total. The van der Waals surface area contributed by atoms with Gasteiger partial charge in [-0.2, -0.15) is 0 Å². The van der Waals surface area contributed by atoms with E-state index in [0.29, 0.717) is 12.5 Å². The average Bonchev–Trinajstić information content (AvgIpc) is 2.38. The van der Waals surface area contributed by atoms with Crippen molar-refractivity contribution < 1.29 is 0 Å². The molecule has 16 heavy (non-hydrogen) atoms. The van der Waals surface area contributed by atoms with Gasteiger partial charge in [-0.3, -0.25) is 0 Å². The lowest BCUT2D eigenvalue weighted by Gasteiger charge is -2.31. The van der Waals surface area contributed by atoms with Gasteiger partial charge in [0.15, 0.2) is 0 Å². The van der Waals surface area contributed by atoms with Gasteiger partial charge in [0.2, 0.25) is 5.95 Å². The van der Waals surface area contributed by atoms with Crippen molar-refractivity contribution >= 4 is 5.95 Å². The SMILES string of the molecule is [N-]=[N+]=NCC1CCCN(c2ncccn2)C1. The van der Waals surface area contributed by atoms with E-state index in [1.54, 1.807) is 12.4 Å². The lowest BCUT2D eigenvalue weighted by molar-refractivity contribution is 0.419. The van der Waals surface area contributed by atoms with Gasteiger partial charge in [0.05, 0.1) is 0 Å². The molecule has 1 unspecified atom stereocenters. The fourth-order valence-electron chi connectivity index (χ4n) is 2.00. The molecule has 1 aliphatic rings. The third-order valence-electron chi connectivity index (χ3n) is 2.76. The highest BCUT2D eigenvalue weighted by Crippen LogP contribution is 2.19. The Morgan fingerprint density at radius 3 is 3.06 bits per heavy atom. The molecule has 1 fully saturated rings. The number of anilines is 1. The van der Waals surface area contributed by atoms with Crippen molar-refractivity contribution in [1.29, 1.82) is 0 Å². The molecule has 1 saturated heterocycles. The molecule has 0 aromatic carbocycles. The van der Waals surface area contributed by atoms with Crippen LogP contribution in [0.4, 0.5) is 5.95 Å². The molecule has 0 saturated carbocycles. The van der Waals surface area contributed by atoms with Crippen molar-refractivity contribution in [2.24, 2.45) is 11.0 Å². The van der Waals surface area contributed by atoms with Gasteiger partial charge < -0.3 is 4.90 Å². The fraction of sp³-hybridized carbons (Fsp3) is 0.600. The third kappa shape index (κ3) is 2.61. The second kappa shape index (κ2) is 5.32. The quantitative estimate of drug-likeness (QED) is 0.442. The Bertz CT molecular complexity index is 372. The van der Waals surface area contributed by atoms with E-state index in [1.165, 1.54) is 0 Å². The Labute approximate surface area is 93.9 Å². The normalized spacial score (nSPS) is 20.2. The van der Waals surface area contributed by atoms with E-state index in [-0.39, 0.29) is 0 Å². The molecule has 0 radical (unpaired) electrons. The van der Waals surface area contributed by atoms with Gasteiger partial charge in [0, 0.05) is 36.9 Å². The van der Waals surface area contributed by atoms with Crippen LogP contribution in [0.3, 0.4) is 0 Å². The van der Waals surface area contributed by atoms with Gasteiger partial charge in [0.1, 0.15) is 0 Å². The van der Waals surface area contributed by atoms with Crippen molar-refractivity contribution in [2.45, 2.75) is 12.8 Å². The standard InChI is InChI=1S/C10H14N6/c11-15-14-7-9-3-1-6-16(8-9)10-12-4-2-5-13-10/h2,4-5,9H,1,3,6-8H2. The Kier molecular flexibility index (Phi) is 3.56. The van der Waals surface area contributed by atoms with Crippen LogP contribution in [-0.2, 0) is 0 Å². The van der Waals surface area contributed by atoms with Gasteiger partial charge in [-0.25, -0.2) is 9.97 Å². The van der Waals surface area contributed by atoms with E-state index in [4.69, 9.17) is 5.53 Å². The summed E-state index contributed by atoms with van der Waals surface area (Å²) in [6.07, 6.45) is 5.71. The lowest BCUT2D eigenvalue weighted by Crippen LogP contribution is -2.37. The fourth-order valence-corrected chi connectivity index (χ4v) is 2.00. The predicted molar refractivity (Wildman–Crippen MR) is 61.0 cm³/mol. The van der Waals surface area contributed by atoms with Gasteiger partial charge in [0.25, 0.3) is 0 Å². The lowest BCUT2D eigenvalue weighted by atomic mass is 9.99. The highest BCUT2D eigenvalue weighted by Gasteiger charge is 2.20. The Morgan fingerprint density at radius 1 is 1.50 bits per heavy atom. The minimum absolute atomic E-state index is 0.424. The molecule has 0 spiro atoms. The van der Waals surface area contributed by atoms with Crippen LogP contribution < -0.4 is 4.90 Å². The molecular weight excluding hydrogens is 204 g/mol. The van der Waals surface area contributed by atoms with Gasteiger partial charge in [-0.15, -0.1) is 0 Å². The first-order chi connectivity index (χ1) is 7.90. The van der Waals surface area contributed by atoms with Crippen molar-refractivity contribution in [3.05, 3.63) is 28.9 Å². The number of piperidine rings is 1. The van der Waals surface area contributed by atoms with Crippen molar-refractivity contribution in [3.63, 3.8) is 0 Å². The van der Waals surface area contributed by atoms with Crippen LogP contribution in [-0.4, -0.2) is 29.6 Å². The van der Waals surface area contributed by atoms with Crippen LogP contribution in [0.1, 0.15) is 12.8 Å². The van der Waals surface area contributed by atoms with Crippen LogP contribution in [0, 0.1) is 5.92 Å². The highest BCUT2D eigenvalue weighted by molar-refractivity contribution is 5.29. The Hall–Kier alpha value is -1.81. The summed E-state index contributed by atoms with van der Waals surface area (Å²) in [6.45, 7) is 2.43. The zero-order valence-electron chi connectivity index (χ0n) is 9.03. The van der Waals surface area contributed by atoms with Crippen molar-refractivity contribution in [3.8, 4) is 0 Å². The number of hydrogen-bond donors (Lipinski definition) is 0. The van der Waals surface area contributed by atoms with E-state index >= 15 is 0 Å². The smallest absolute Gasteiger partial charge is 0.225 e. The number of nitrogens with zero attached hydrogens (tertiary/aromatic N) is 6. The molecular formula is C10H14N6. The van der Waals surface area contributed by atoms with E-state index in [1.807, 2.05) is 6.07 Å².